The van der Waals surface area contributed by atoms with Crippen molar-refractivity contribution in [3.8, 4) is 6.07 Å². The van der Waals surface area contributed by atoms with Crippen molar-refractivity contribution in [1.82, 2.24) is 9.97 Å². The van der Waals surface area contributed by atoms with Crippen LogP contribution in [0.15, 0.2) is 12.5 Å². The van der Waals surface area contributed by atoms with Gasteiger partial charge in [0.15, 0.2) is 0 Å². The Morgan fingerprint density at radius 3 is 3.14 bits per heavy atom. The number of aromatic nitrogens is 2. The van der Waals surface area contributed by atoms with Crippen molar-refractivity contribution in [2.24, 2.45) is 0 Å². The maximum atomic E-state index is 8.79. The summed E-state index contributed by atoms with van der Waals surface area (Å²) in [6.07, 6.45) is 5.00. The van der Waals surface area contributed by atoms with Crippen LogP contribution in [0.5, 0.6) is 0 Å². The highest BCUT2D eigenvalue weighted by Crippen LogP contribution is 2.10. The maximum absolute atomic E-state index is 8.79. The van der Waals surface area contributed by atoms with E-state index in [1.165, 1.54) is 12.5 Å². The first kappa shape index (κ1) is 10.8. The summed E-state index contributed by atoms with van der Waals surface area (Å²) in [6.45, 7) is 2.06. The van der Waals surface area contributed by atoms with Gasteiger partial charge >= 0.3 is 0 Å². The van der Waals surface area contributed by atoms with E-state index >= 15 is 0 Å². The standard InChI is InChI=1S/C9H12N4S/c1-7(5-14-2)13-9-8(3-10)4-11-6-12-9/h4,6-7H,5H2,1-2H3,(H,11,12,13). The van der Waals surface area contributed by atoms with Crippen LogP contribution in [-0.2, 0) is 0 Å². The van der Waals surface area contributed by atoms with Gasteiger partial charge in [0.2, 0.25) is 0 Å². The Morgan fingerprint density at radius 1 is 1.71 bits per heavy atom. The molecule has 0 radical (unpaired) electrons. The predicted octanol–water partition coefficient (Wildman–Crippen LogP) is 1.51. The largest absolute Gasteiger partial charge is 0.366 e. The average molecular weight is 208 g/mol. The molecule has 1 unspecified atom stereocenters. The van der Waals surface area contributed by atoms with Crippen molar-refractivity contribution in [2.45, 2.75) is 13.0 Å². The molecule has 0 aromatic carbocycles. The third kappa shape index (κ3) is 2.89. The van der Waals surface area contributed by atoms with Crippen LogP contribution in [-0.4, -0.2) is 28.0 Å². The molecule has 1 heterocycles. The molecule has 14 heavy (non-hydrogen) atoms. The number of nitrogens with one attached hydrogen (secondary N) is 1. The lowest BCUT2D eigenvalue weighted by Crippen LogP contribution is -2.19. The lowest BCUT2D eigenvalue weighted by Gasteiger charge is -2.13. The molecule has 0 aliphatic rings. The smallest absolute Gasteiger partial charge is 0.147 e. The van der Waals surface area contributed by atoms with Gasteiger partial charge in [-0.1, -0.05) is 0 Å². The highest BCUT2D eigenvalue weighted by atomic mass is 32.2. The monoisotopic (exact) mass is 208 g/mol. The van der Waals surface area contributed by atoms with Gasteiger partial charge in [-0.05, 0) is 13.2 Å². The number of rotatable bonds is 4. The van der Waals surface area contributed by atoms with Gasteiger partial charge in [-0.2, -0.15) is 17.0 Å². The van der Waals surface area contributed by atoms with Crippen molar-refractivity contribution >= 4 is 17.6 Å². The molecule has 0 spiro atoms. The zero-order valence-electron chi connectivity index (χ0n) is 8.19. The minimum Gasteiger partial charge on any atom is -0.366 e. The summed E-state index contributed by atoms with van der Waals surface area (Å²) in [7, 11) is 0. The Balaban J connectivity index is 2.71. The van der Waals surface area contributed by atoms with Gasteiger partial charge in [0.1, 0.15) is 23.8 Å². The third-order valence-corrected chi connectivity index (χ3v) is 2.47. The number of hydrogen-bond donors (Lipinski definition) is 1. The van der Waals surface area contributed by atoms with Crippen LogP contribution >= 0.6 is 11.8 Å². The fourth-order valence-corrected chi connectivity index (χ4v) is 1.63. The Morgan fingerprint density at radius 2 is 2.50 bits per heavy atom. The summed E-state index contributed by atoms with van der Waals surface area (Å²) < 4.78 is 0. The van der Waals surface area contributed by atoms with E-state index in [1.54, 1.807) is 11.8 Å². The van der Waals surface area contributed by atoms with Crippen LogP contribution in [0.3, 0.4) is 0 Å². The second kappa shape index (κ2) is 5.45. The van der Waals surface area contributed by atoms with E-state index in [4.69, 9.17) is 5.26 Å². The average Bonchev–Trinajstić information content (AvgIpc) is 2.19. The van der Waals surface area contributed by atoms with Crippen molar-refractivity contribution in [3.05, 3.63) is 18.1 Å². The molecule has 0 fully saturated rings. The van der Waals surface area contributed by atoms with Gasteiger partial charge in [-0.3, -0.25) is 0 Å². The van der Waals surface area contributed by atoms with Crippen LogP contribution in [0.25, 0.3) is 0 Å². The number of nitriles is 1. The summed E-state index contributed by atoms with van der Waals surface area (Å²) in [6, 6.07) is 2.35. The van der Waals surface area contributed by atoms with Gasteiger partial charge in [-0.15, -0.1) is 0 Å². The fourth-order valence-electron chi connectivity index (χ4n) is 1.05. The van der Waals surface area contributed by atoms with Gasteiger partial charge in [-0.25, -0.2) is 9.97 Å². The number of nitrogens with zero attached hydrogens (tertiary/aromatic N) is 3. The van der Waals surface area contributed by atoms with Crippen molar-refractivity contribution in [3.63, 3.8) is 0 Å². The van der Waals surface area contributed by atoms with Crippen LogP contribution in [0, 0.1) is 11.3 Å². The van der Waals surface area contributed by atoms with Gasteiger partial charge in [0, 0.05) is 11.8 Å². The summed E-state index contributed by atoms with van der Waals surface area (Å²) in [4.78, 5) is 7.81. The topological polar surface area (TPSA) is 61.6 Å². The molecule has 0 amide bonds. The SMILES string of the molecule is CSCC(C)Nc1ncncc1C#N. The normalized spacial score (nSPS) is 11.8. The van der Waals surface area contributed by atoms with Gasteiger partial charge in [0.05, 0.1) is 6.20 Å². The first-order valence-corrected chi connectivity index (χ1v) is 5.63. The third-order valence-electron chi connectivity index (χ3n) is 1.63. The Hall–Kier alpha value is -1.28. The molecule has 0 bridgehead atoms. The molecule has 74 valence electrons. The lowest BCUT2D eigenvalue weighted by atomic mass is 10.3. The molecule has 0 aliphatic heterocycles. The molecular weight excluding hydrogens is 196 g/mol. The highest BCUT2D eigenvalue weighted by molar-refractivity contribution is 7.98. The van der Waals surface area contributed by atoms with Crippen LogP contribution in [0.1, 0.15) is 12.5 Å². The molecule has 1 atom stereocenters. The summed E-state index contributed by atoms with van der Waals surface area (Å²) in [5.41, 5.74) is 0.487. The van der Waals surface area contributed by atoms with Crippen molar-refractivity contribution in [2.75, 3.05) is 17.3 Å². The fraction of sp³-hybridized carbons (Fsp3) is 0.444. The molecule has 1 rings (SSSR count). The van der Waals surface area contributed by atoms with E-state index in [0.29, 0.717) is 17.4 Å². The number of anilines is 1. The quantitative estimate of drug-likeness (QED) is 0.812. The van der Waals surface area contributed by atoms with E-state index in [0.717, 1.165) is 5.75 Å². The molecule has 0 aliphatic carbocycles. The lowest BCUT2D eigenvalue weighted by molar-refractivity contribution is 0.898. The van der Waals surface area contributed by atoms with Crippen LogP contribution in [0.2, 0.25) is 0 Å². The first-order chi connectivity index (χ1) is 6.77. The van der Waals surface area contributed by atoms with E-state index in [-0.39, 0.29) is 0 Å². The molecule has 0 saturated heterocycles. The molecule has 0 saturated carbocycles. The van der Waals surface area contributed by atoms with E-state index in [1.807, 2.05) is 12.3 Å². The molecule has 1 aromatic heterocycles. The second-order valence-electron chi connectivity index (χ2n) is 2.90. The summed E-state index contributed by atoms with van der Waals surface area (Å²) in [5.74, 6) is 1.60. The molecule has 1 aromatic rings. The van der Waals surface area contributed by atoms with Gasteiger partial charge < -0.3 is 5.32 Å². The molecular formula is C9H12N4S. The zero-order valence-corrected chi connectivity index (χ0v) is 9.01. The minimum atomic E-state index is 0.298. The Bertz CT molecular complexity index is 334. The summed E-state index contributed by atoms with van der Waals surface area (Å²) >= 11 is 1.75. The second-order valence-corrected chi connectivity index (χ2v) is 3.81. The Kier molecular flexibility index (Phi) is 4.20. The highest BCUT2D eigenvalue weighted by Gasteiger charge is 2.06. The van der Waals surface area contributed by atoms with Crippen molar-refractivity contribution in [1.29, 1.82) is 5.26 Å². The molecule has 5 heteroatoms. The Labute approximate surface area is 87.8 Å². The number of thioether (sulfide) groups is 1. The maximum Gasteiger partial charge on any atom is 0.147 e. The van der Waals surface area contributed by atoms with E-state index < -0.39 is 0 Å². The predicted molar refractivity (Wildman–Crippen MR) is 58.2 cm³/mol. The van der Waals surface area contributed by atoms with E-state index in [9.17, 15) is 0 Å². The van der Waals surface area contributed by atoms with Gasteiger partial charge in [0.25, 0.3) is 0 Å². The molecule has 1 N–H and O–H groups in total. The van der Waals surface area contributed by atoms with Crippen LogP contribution in [0.4, 0.5) is 5.82 Å². The molecule has 4 nitrogen and oxygen atoms in total. The van der Waals surface area contributed by atoms with E-state index in [2.05, 4.69) is 22.2 Å². The zero-order chi connectivity index (χ0) is 10.4. The van der Waals surface area contributed by atoms with Crippen molar-refractivity contribution < 1.29 is 0 Å². The summed E-state index contributed by atoms with van der Waals surface area (Å²) in [5, 5.41) is 12.0. The first-order valence-electron chi connectivity index (χ1n) is 4.23. The number of hydrogen-bond acceptors (Lipinski definition) is 5. The minimum absolute atomic E-state index is 0.298. The van der Waals surface area contributed by atoms with Crippen LogP contribution < -0.4 is 5.32 Å².